The van der Waals surface area contributed by atoms with E-state index < -0.39 is 0 Å². The lowest BCUT2D eigenvalue weighted by molar-refractivity contribution is 0.0464. The van der Waals surface area contributed by atoms with E-state index in [0.29, 0.717) is 16.3 Å². The zero-order valence-corrected chi connectivity index (χ0v) is 19.3. The summed E-state index contributed by atoms with van der Waals surface area (Å²) in [6.45, 7) is 9.25. The number of nitrogens with zero attached hydrogens (tertiary/aromatic N) is 4. The Morgan fingerprint density at radius 1 is 1.16 bits per heavy atom. The Labute approximate surface area is 189 Å². The minimum Gasteiger partial charge on any atom is -0.461 e. The van der Waals surface area contributed by atoms with E-state index in [1.807, 2.05) is 20.8 Å². The van der Waals surface area contributed by atoms with Crippen molar-refractivity contribution >= 4 is 50.6 Å². The Morgan fingerprint density at radius 3 is 2.45 bits per heavy atom. The molecule has 0 radical (unpaired) electrons. The molecular weight excluding hydrogens is 439 g/mol. The minimum absolute atomic E-state index is 0.159. The number of aryl methyl sites for hydroxylation is 1. The number of hydrogen-bond acceptors (Lipinski definition) is 7. The first-order chi connectivity index (χ1) is 14.8. The van der Waals surface area contributed by atoms with E-state index in [1.54, 1.807) is 12.1 Å². The first kappa shape index (κ1) is 21.8. The second-order valence-corrected chi connectivity index (χ2v) is 9.33. The molecule has 0 amide bonds. The van der Waals surface area contributed by atoms with E-state index >= 15 is 0 Å². The molecule has 0 saturated carbocycles. The second kappa shape index (κ2) is 8.96. The van der Waals surface area contributed by atoms with E-state index in [2.05, 4.69) is 19.8 Å². The molecule has 3 aromatic rings. The Balaban J connectivity index is 1.59. The highest BCUT2D eigenvalue weighted by Crippen LogP contribution is 2.37. The average molecular weight is 463 g/mol. The number of hydrogen-bond donors (Lipinski definition) is 0. The molecule has 3 heterocycles. The number of rotatable bonds is 5. The van der Waals surface area contributed by atoms with Crippen LogP contribution in [0.25, 0.3) is 10.2 Å². The number of anilines is 2. The van der Waals surface area contributed by atoms with Crippen LogP contribution >= 0.6 is 22.9 Å². The molecule has 1 aromatic carbocycles. The van der Waals surface area contributed by atoms with Crippen LogP contribution in [0.4, 0.5) is 15.9 Å². The first-order valence-corrected chi connectivity index (χ1v) is 11.4. The smallest absolute Gasteiger partial charge is 0.348 e. The van der Waals surface area contributed by atoms with Crippen molar-refractivity contribution in [2.24, 2.45) is 5.92 Å². The van der Waals surface area contributed by atoms with Crippen LogP contribution in [0.5, 0.6) is 0 Å². The average Bonchev–Trinajstić information content (AvgIpc) is 3.08. The van der Waals surface area contributed by atoms with E-state index in [9.17, 15) is 9.18 Å². The van der Waals surface area contributed by atoms with Crippen LogP contribution in [-0.2, 0) is 4.74 Å². The van der Waals surface area contributed by atoms with Crippen molar-refractivity contribution in [3.05, 3.63) is 45.8 Å². The van der Waals surface area contributed by atoms with Gasteiger partial charge in [0.05, 0.1) is 12.0 Å². The minimum atomic E-state index is -0.336. The lowest BCUT2D eigenvalue weighted by Gasteiger charge is -2.37. The van der Waals surface area contributed by atoms with Gasteiger partial charge in [-0.25, -0.2) is 14.2 Å². The third-order valence-electron chi connectivity index (χ3n) is 5.25. The molecule has 0 N–H and O–H groups in total. The summed E-state index contributed by atoms with van der Waals surface area (Å²) in [5.74, 6) is 0.430. The number of fused-ring (bicyclic) bond motifs is 1. The normalized spacial score (nSPS) is 14.5. The third-order valence-corrected chi connectivity index (χ3v) is 6.58. The molecule has 4 rings (SSSR count). The number of thiophene rings is 1. The van der Waals surface area contributed by atoms with Gasteiger partial charge in [0, 0.05) is 31.9 Å². The van der Waals surface area contributed by atoms with Crippen molar-refractivity contribution in [1.82, 2.24) is 9.97 Å². The summed E-state index contributed by atoms with van der Waals surface area (Å²) >= 11 is 7.51. The van der Waals surface area contributed by atoms with Gasteiger partial charge >= 0.3 is 5.97 Å². The summed E-state index contributed by atoms with van der Waals surface area (Å²) in [5, 5.41) is 1.01. The quantitative estimate of drug-likeness (QED) is 0.395. The molecule has 9 heteroatoms. The Kier molecular flexibility index (Phi) is 6.29. The molecule has 0 atom stereocenters. The largest absolute Gasteiger partial charge is 0.461 e. The molecule has 0 aliphatic carbocycles. The maximum absolute atomic E-state index is 13.2. The van der Waals surface area contributed by atoms with Crippen molar-refractivity contribution in [2.75, 3.05) is 42.6 Å². The number of esters is 1. The van der Waals surface area contributed by atoms with Crippen LogP contribution in [0.2, 0.25) is 5.28 Å². The van der Waals surface area contributed by atoms with Gasteiger partial charge in [0.1, 0.15) is 21.3 Å². The zero-order valence-electron chi connectivity index (χ0n) is 17.7. The standard InChI is InChI=1S/C22H24ClFN4O2S/c1-13(2)12-30-21(29)18-14(3)17-19(25-22(23)26-20(17)31-18)28-10-8-27(9-11-28)16-6-4-15(24)5-7-16/h4-7,13H,8-12H2,1-3H3. The molecule has 1 saturated heterocycles. The van der Waals surface area contributed by atoms with Crippen molar-refractivity contribution in [1.29, 1.82) is 0 Å². The summed E-state index contributed by atoms with van der Waals surface area (Å²) < 4.78 is 18.7. The van der Waals surface area contributed by atoms with Gasteiger partial charge in [0.25, 0.3) is 0 Å². The van der Waals surface area contributed by atoms with Gasteiger partial charge < -0.3 is 14.5 Å². The Bertz CT molecular complexity index is 1100. The predicted octanol–water partition coefficient (Wildman–Crippen LogP) is 4.93. The Morgan fingerprint density at radius 2 is 1.81 bits per heavy atom. The summed E-state index contributed by atoms with van der Waals surface area (Å²) in [6.07, 6.45) is 0. The van der Waals surface area contributed by atoms with E-state index in [4.69, 9.17) is 16.3 Å². The van der Waals surface area contributed by atoms with E-state index in [0.717, 1.165) is 48.6 Å². The maximum atomic E-state index is 13.2. The summed E-state index contributed by atoms with van der Waals surface area (Å²) in [6, 6.07) is 6.54. The van der Waals surface area contributed by atoms with Crippen LogP contribution in [0.3, 0.4) is 0 Å². The predicted molar refractivity (Wildman–Crippen MR) is 123 cm³/mol. The van der Waals surface area contributed by atoms with Gasteiger partial charge in [0.15, 0.2) is 0 Å². The number of aromatic nitrogens is 2. The van der Waals surface area contributed by atoms with Crippen LogP contribution in [0.15, 0.2) is 24.3 Å². The van der Waals surface area contributed by atoms with Crippen LogP contribution in [-0.4, -0.2) is 48.7 Å². The van der Waals surface area contributed by atoms with Crippen molar-refractivity contribution < 1.29 is 13.9 Å². The zero-order chi connectivity index (χ0) is 22.1. The number of ether oxygens (including phenoxy) is 1. The van der Waals surface area contributed by atoms with Crippen LogP contribution < -0.4 is 9.80 Å². The molecular formula is C22H24ClFN4O2S. The number of benzene rings is 1. The molecule has 2 aromatic heterocycles. The summed E-state index contributed by atoms with van der Waals surface area (Å²) in [4.78, 5) is 27.1. The number of carbonyl (C=O) groups is 1. The molecule has 1 aliphatic heterocycles. The molecule has 1 aliphatic rings. The lowest BCUT2D eigenvalue weighted by atomic mass is 10.1. The topological polar surface area (TPSA) is 58.6 Å². The summed E-state index contributed by atoms with van der Waals surface area (Å²) in [5.41, 5.74) is 1.82. The number of carbonyl (C=O) groups excluding carboxylic acids is 1. The maximum Gasteiger partial charge on any atom is 0.348 e. The Hall–Kier alpha value is -2.45. The molecule has 1 fully saturated rings. The second-order valence-electron chi connectivity index (χ2n) is 8.00. The monoisotopic (exact) mass is 462 g/mol. The fraction of sp³-hybridized carbons (Fsp3) is 0.409. The molecule has 164 valence electrons. The third kappa shape index (κ3) is 4.60. The van der Waals surface area contributed by atoms with Gasteiger partial charge in [-0.15, -0.1) is 11.3 Å². The molecule has 6 nitrogen and oxygen atoms in total. The van der Waals surface area contributed by atoms with Crippen LogP contribution in [0.1, 0.15) is 29.1 Å². The highest BCUT2D eigenvalue weighted by molar-refractivity contribution is 7.20. The van der Waals surface area contributed by atoms with Crippen LogP contribution in [0, 0.1) is 18.7 Å². The van der Waals surface area contributed by atoms with Gasteiger partial charge in [-0.2, -0.15) is 4.98 Å². The van der Waals surface area contributed by atoms with Gasteiger partial charge in [-0.05, 0) is 54.3 Å². The SMILES string of the molecule is Cc1c(C(=O)OCC(C)C)sc2nc(Cl)nc(N3CCN(c4ccc(F)cc4)CC3)c12. The van der Waals surface area contributed by atoms with Crippen molar-refractivity contribution in [3.63, 3.8) is 0 Å². The molecule has 0 bridgehead atoms. The molecule has 31 heavy (non-hydrogen) atoms. The molecule has 0 spiro atoms. The van der Waals surface area contributed by atoms with E-state index in [-0.39, 0.29) is 23.0 Å². The summed E-state index contributed by atoms with van der Waals surface area (Å²) in [7, 11) is 0. The first-order valence-electron chi connectivity index (χ1n) is 10.2. The molecule has 0 unspecified atom stereocenters. The van der Waals surface area contributed by atoms with E-state index in [1.165, 1.54) is 23.5 Å². The fourth-order valence-electron chi connectivity index (χ4n) is 3.65. The fourth-order valence-corrected chi connectivity index (χ4v) is 4.94. The lowest BCUT2D eigenvalue weighted by Crippen LogP contribution is -2.47. The highest BCUT2D eigenvalue weighted by atomic mass is 35.5. The van der Waals surface area contributed by atoms with Gasteiger partial charge in [0.2, 0.25) is 5.28 Å². The number of halogens is 2. The number of piperazine rings is 1. The van der Waals surface area contributed by atoms with Crippen molar-refractivity contribution in [2.45, 2.75) is 20.8 Å². The van der Waals surface area contributed by atoms with Gasteiger partial charge in [-0.1, -0.05) is 13.8 Å². The van der Waals surface area contributed by atoms with Gasteiger partial charge in [-0.3, -0.25) is 0 Å². The highest BCUT2D eigenvalue weighted by Gasteiger charge is 2.26. The van der Waals surface area contributed by atoms with Crippen molar-refractivity contribution in [3.8, 4) is 0 Å².